The molecule has 1 saturated heterocycles. The molecule has 1 aromatic carbocycles. The van der Waals surface area contributed by atoms with Gasteiger partial charge in [0.15, 0.2) is 0 Å². The number of hydrogen-bond acceptors (Lipinski definition) is 6. The maximum Gasteiger partial charge on any atom is 0.252 e. The van der Waals surface area contributed by atoms with E-state index in [1.807, 2.05) is 11.8 Å². The lowest BCUT2D eigenvalue weighted by Crippen LogP contribution is -2.30. The number of carbonyl (C=O) groups excluding carboxylic acids is 2. The predicted molar refractivity (Wildman–Crippen MR) is 115 cm³/mol. The van der Waals surface area contributed by atoms with E-state index in [0.717, 1.165) is 27.6 Å². The Kier molecular flexibility index (Phi) is 5.77. The molecule has 9 heteroatoms. The molecular weight excluding hydrogens is 417 g/mol. The second-order valence-electron chi connectivity index (χ2n) is 7.61. The topological polar surface area (TPSA) is 102 Å². The van der Waals surface area contributed by atoms with Crippen LogP contribution in [0.15, 0.2) is 30.5 Å². The summed E-state index contributed by atoms with van der Waals surface area (Å²) in [6, 6.07) is 6.15. The molecule has 2 amide bonds. The highest BCUT2D eigenvalue weighted by Crippen LogP contribution is 2.31. The van der Waals surface area contributed by atoms with Crippen molar-refractivity contribution in [2.75, 3.05) is 13.1 Å². The zero-order valence-electron chi connectivity index (χ0n) is 17.3. The third kappa shape index (κ3) is 4.46. The SMILES string of the molecule is Cc1nc(-c2ccc(F)cc2)c(CC(=O)N2CCC(c3ncc(C(N)=O)c(C)n3)C2)s1. The molecule has 0 aliphatic carbocycles. The Hall–Kier alpha value is -3.20. The number of benzene rings is 1. The molecule has 0 spiro atoms. The zero-order valence-corrected chi connectivity index (χ0v) is 18.1. The highest BCUT2D eigenvalue weighted by atomic mass is 32.1. The molecule has 1 unspecified atom stereocenters. The van der Waals surface area contributed by atoms with Crippen molar-refractivity contribution in [2.45, 2.75) is 32.6 Å². The molecule has 160 valence electrons. The normalized spacial score (nSPS) is 16.0. The minimum absolute atomic E-state index is 0.0139. The quantitative estimate of drug-likeness (QED) is 0.658. The molecule has 2 aromatic heterocycles. The fourth-order valence-corrected chi connectivity index (χ4v) is 4.74. The zero-order chi connectivity index (χ0) is 22.1. The van der Waals surface area contributed by atoms with Gasteiger partial charge in [-0.25, -0.2) is 19.3 Å². The van der Waals surface area contributed by atoms with Gasteiger partial charge in [0.05, 0.1) is 28.4 Å². The third-order valence-corrected chi connectivity index (χ3v) is 6.37. The van der Waals surface area contributed by atoms with Crippen LogP contribution in [0.4, 0.5) is 4.39 Å². The van der Waals surface area contributed by atoms with Crippen molar-refractivity contribution in [3.05, 3.63) is 63.2 Å². The summed E-state index contributed by atoms with van der Waals surface area (Å²) in [6.07, 6.45) is 2.46. The van der Waals surface area contributed by atoms with Crippen molar-refractivity contribution in [1.29, 1.82) is 0 Å². The van der Waals surface area contributed by atoms with Crippen LogP contribution in [-0.2, 0) is 11.2 Å². The molecule has 4 rings (SSSR count). The van der Waals surface area contributed by atoms with Crippen molar-refractivity contribution < 1.29 is 14.0 Å². The van der Waals surface area contributed by atoms with Gasteiger partial charge in [0, 0.05) is 35.6 Å². The monoisotopic (exact) mass is 439 g/mol. The smallest absolute Gasteiger partial charge is 0.252 e. The van der Waals surface area contributed by atoms with E-state index in [2.05, 4.69) is 15.0 Å². The first-order valence-corrected chi connectivity index (χ1v) is 10.8. The number of amides is 2. The molecule has 0 saturated carbocycles. The second kappa shape index (κ2) is 8.50. The van der Waals surface area contributed by atoms with Gasteiger partial charge in [0.1, 0.15) is 11.6 Å². The Morgan fingerprint density at radius 1 is 1.23 bits per heavy atom. The van der Waals surface area contributed by atoms with Gasteiger partial charge in [0.25, 0.3) is 5.91 Å². The molecular formula is C22H22FN5O2S. The number of carbonyl (C=O) groups is 2. The Balaban J connectivity index is 1.47. The Labute approximate surface area is 183 Å². The van der Waals surface area contributed by atoms with Gasteiger partial charge in [0.2, 0.25) is 5.91 Å². The van der Waals surface area contributed by atoms with Crippen molar-refractivity contribution in [1.82, 2.24) is 19.9 Å². The number of likely N-dealkylation sites (tertiary alicyclic amines) is 1. The fraction of sp³-hybridized carbons (Fsp3) is 0.318. The lowest BCUT2D eigenvalue weighted by atomic mass is 10.1. The summed E-state index contributed by atoms with van der Waals surface area (Å²) in [4.78, 5) is 40.3. The van der Waals surface area contributed by atoms with E-state index in [4.69, 9.17) is 5.73 Å². The number of aryl methyl sites for hydroxylation is 2. The third-order valence-electron chi connectivity index (χ3n) is 5.40. The summed E-state index contributed by atoms with van der Waals surface area (Å²) < 4.78 is 13.3. The number of nitrogens with two attached hydrogens (primary N) is 1. The van der Waals surface area contributed by atoms with Gasteiger partial charge >= 0.3 is 0 Å². The molecule has 1 aliphatic rings. The van der Waals surface area contributed by atoms with Crippen molar-refractivity contribution in [3.63, 3.8) is 0 Å². The van der Waals surface area contributed by atoms with Crippen LogP contribution in [0.25, 0.3) is 11.3 Å². The van der Waals surface area contributed by atoms with Gasteiger partial charge < -0.3 is 10.6 Å². The maximum absolute atomic E-state index is 13.3. The van der Waals surface area contributed by atoms with E-state index < -0.39 is 5.91 Å². The molecule has 2 N–H and O–H groups in total. The minimum atomic E-state index is -0.552. The van der Waals surface area contributed by atoms with Crippen molar-refractivity contribution in [2.24, 2.45) is 5.73 Å². The highest BCUT2D eigenvalue weighted by molar-refractivity contribution is 7.12. The van der Waals surface area contributed by atoms with Crippen LogP contribution >= 0.6 is 11.3 Å². The van der Waals surface area contributed by atoms with E-state index >= 15 is 0 Å². The summed E-state index contributed by atoms with van der Waals surface area (Å²) in [5.41, 5.74) is 7.71. The Morgan fingerprint density at radius 3 is 2.65 bits per heavy atom. The van der Waals surface area contributed by atoms with Crippen molar-refractivity contribution in [3.8, 4) is 11.3 Å². The molecule has 0 radical (unpaired) electrons. The lowest BCUT2D eigenvalue weighted by molar-refractivity contribution is -0.129. The standard InChI is InChI=1S/C22H22FN5O2S/c1-12-17(21(24)30)10-25-22(26-12)15-7-8-28(11-15)19(29)9-18-20(27-13(2)31-18)14-3-5-16(23)6-4-14/h3-6,10,15H,7-9,11H2,1-2H3,(H2,24,30). The number of primary amides is 1. The molecule has 1 fully saturated rings. The Bertz CT molecular complexity index is 1150. The highest BCUT2D eigenvalue weighted by Gasteiger charge is 2.30. The van der Waals surface area contributed by atoms with Gasteiger partial charge in [-0.1, -0.05) is 0 Å². The maximum atomic E-state index is 13.3. The summed E-state index contributed by atoms with van der Waals surface area (Å²) in [5.74, 6) is -0.204. The summed E-state index contributed by atoms with van der Waals surface area (Å²) in [5, 5.41) is 0.861. The number of thiazole rings is 1. The van der Waals surface area contributed by atoms with Gasteiger partial charge in [-0.15, -0.1) is 11.3 Å². The number of aromatic nitrogens is 3. The largest absolute Gasteiger partial charge is 0.365 e. The summed E-state index contributed by atoms with van der Waals surface area (Å²) >= 11 is 1.48. The second-order valence-corrected chi connectivity index (χ2v) is 8.89. The predicted octanol–water partition coefficient (Wildman–Crippen LogP) is 3.01. The van der Waals surface area contributed by atoms with Crippen LogP contribution in [0.3, 0.4) is 0 Å². The number of hydrogen-bond donors (Lipinski definition) is 1. The molecule has 31 heavy (non-hydrogen) atoms. The van der Waals surface area contributed by atoms with Crippen LogP contribution in [0.2, 0.25) is 0 Å². The van der Waals surface area contributed by atoms with Crippen LogP contribution in [0.5, 0.6) is 0 Å². The van der Waals surface area contributed by atoms with Gasteiger partial charge in [-0.05, 0) is 44.5 Å². The molecule has 3 heterocycles. The molecule has 3 aromatic rings. The van der Waals surface area contributed by atoms with Crippen LogP contribution in [0.1, 0.15) is 44.1 Å². The number of nitrogens with zero attached hydrogens (tertiary/aromatic N) is 4. The minimum Gasteiger partial charge on any atom is -0.365 e. The summed E-state index contributed by atoms with van der Waals surface area (Å²) in [6.45, 7) is 4.77. The lowest BCUT2D eigenvalue weighted by Gasteiger charge is -2.16. The molecule has 1 atom stereocenters. The van der Waals surface area contributed by atoms with E-state index in [1.54, 1.807) is 19.1 Å². The van der Waals surface area contributed by atoms with Gasteiger partial charge in [-0.3, -0.25) is 9.59 Å². The van der Waals surface area contributed by atoms with Crippen LogP contribution in [0, 0.1) is 19.7 Å². The van der Waals surface area contributed by atoms with Crippen LogP contribution < -0.4 is 5.73 Å². The van der Waals surface area contributed by atoms with E-state index in [9.17, 15) is 14.0 Å². The first-order chi connectivity index (χ1) is 14.8. The average Bonchev–Trinajstić information content (AvgIpc) is 3.35. The summed E-state index contributed by atoms with van der Waals surface area (Å²) in [7, 11) is 0. The van der Waals surface area contributed by atoms with Gasteiger partial charge in [-0.2, -0.15) is 0 Å². The average molecular weight is 440 g/mol. The molecule has 1 aliphatic heterocycles. The van der Waals surface area contributed by atoms with E-state index in [0.29, 0.717) is 30.2 Å². The van der Waals surface area contributed by atoms with Crippen LogP contribution in [-0.4, -0.2) is 44.8 Å². The van der Waals surface area contributed by atoms with E-state index in [-0.39, 0.29) is 24.1 Å². The van der Waals surface area contributed by atoms with E-state index in [1.165, 1.54) is 29.7 Å². The number of rotatable bonds is 5. The first kappa shape index (κ1) is 21.0. The molecule has 7 nitrogen and oxygen atoms in total. The Morgan fingerprint density at radius 2 is 1.97 bits per heavy atom. The van der Waals surface area contributed by atoms with Crippen molar-refractivity contribution >= 4 is 23.2 Å². The fourth-order valence-electron chi connectivity index (χ4n) is 3.79. The number of halogens is 1. The molecule has 0 bridgehead atoms. The first-order valence-electron chi connectivity index (χ1n) is 9.95.